The van der Waals surface area contributed by atoms with E-state index in [0.29, 0.717) is 6.04 Å². The van der Waals surface area contributed by atoms with E-state index in [-0.39, 0.29) is 0 Å². The average molecular weight is 303 g/mol. The number of likely N-dealkylation sites (tertiary alicyclic amines) is 1. The van der Waals surface area contributed by atoms with Gasteiger partial charge in [-0.15, -0.1) is 11.3 Å². The van der Waals surface area contributed by atoms with Crippen LogP contribution in [0, 0.1) is 0 Å². The molecule has 0 bridgehead atoms. The zero-order valence-corrected chi connectivity index (χ0v) is 11.9. The van der Waals surface area contributed by atoms with Gasteiger partial charge in [0.05, 0.1) is 6.04 Å². The Morgan fingerprint density at radius 1 is 1.31 bits per heavy atom. The van der Waals surface area contributed by atoms with Gasteiger partial charge in [0, 0.05) is 21.3 Å². The Kier molecular flexibility index (Phi) is 4.82. The maximum Gasteiger partial charge on any atom is 0.0564 e. The predicted molar refractivity (Wildman–Crippen MR) is 73.9 cm³/mol. The first-order chi connectivity index (χ1) is 7.81. The monoisotopic (exact) mass is 302 g/mol. The minimum Gasteiger partial charge on any atom is -0.329 e. The Morgan fingerprint density at radius 2 is 2.00 bits per heavy atom. The fraction of sp³-hybridized carbons (Fsp3) is 0.667. The molecule has 0 saturated carbocycles. The van der Waals surface area contributed by atoms with Crippen molar-refractivity contribution in [3.63, 3.8) is 0 Å². The first kappa shape index (κ1) is 12.6. The Labute approximate surface area is 110 Å². The van der Waals surface area contributed by atoms with Crippen molar-refractivity contribution in [2.24, 2.45) is 5.73 Å². The van der Waals surface area contributed by atoms with Crippen LogP contribution in [0.2, 0.25) is 0 Å². The smallest absolute Gasteiger partial charge is 0.0564 e. The molecule has 1 atom stereocenters. The zero-order valence-electron chi connectivity index (χ0n) is 9.49. The molecular weight excluding hydrogens is 284 g/mol. The lowest BCUT2D eigenvalue weighted by atomic mass is 10.2. The summed E-state index contributed by atoms with van der Waals surface area (Å²) >= 11 is 5.33. The van der Waals surface area contributed by atoms with Gasteiger partial charge >= 0.3 is 0 Å². The Balaban J connectivity index is 2.08. The molecule has 1 unspecified atom stereocenters. The highest BCUT2D eigenvalue weighted by Gasteiger charge is 2.21. The highest BCUT2D eigenvalue weighted by molar-refractivity contribution is 9.10. The molecule has 1 aromatic rings. The van der Waals surface area contributed by atoms with E-state index in [2.05, 4.69) is 32.3 Å². The van der Waals surface area contributed by atoms with Gasteiger partial charge in [-0.25, -0.2) is 0 Å². The molecule has 1 aliphatic rings. The summed E-state index contributed by atoms with van der Waals surface area (Å²) in [7, 11) is 0. The molecule has 4 heteroatoms. The third-order valence-corrected chi connectivity index (χ3v) is 5.02. The van der Waals surface area contributed by atoms with Crippen LogP contribution < -0.4 is 5.73 Å². The quantitative estimate of drug-likeness (QED) is 0.927. The molecule has 90 valence electrons. The second-order valence-electron chi connectivity index (χ2n) is 4.37. The van der Waals surface area contributed by atoms with E-state index in [1.54, 1.807) is 0 Å². The van der Waals surface area contributed by atoms with Gasteiger partial charge in [0.2, 0.25) is 0 Å². The van der Waals surface area contributed by atoms with E-state index >= 15 is 0 Å². The van der Waals surface area contributed by atoms with E-state index in [0.717, 1.165) is 6.54 Å². The van der Waals surface area contributed by atoms with Crippen LogP contribution in [0.15, 0.2) is 15.9 Å². The van der Waals surface area contributed by atoms with Crippen LogP contribution in [0.25, 0.3) is 0 Å². The van der Waals surface area contributed by atoms with Crippen molar-refractivity contribution in [1.29, 1.82) is 0 Å². The van der Waals surface area contributed by atoms with Crippen LogP contribution in [-0.2, 0) is 0 Å². The third kappa shape index (κ3) is 3.06. The van der Waals surface area contributed by atoms with Gasteiger partial charge in [0.1, 0.15) is 0 Å². The molecule has 2 rings (SSSR count). The van der Waals surface area contributed by atoms with E-state index in [4.69, 9.17) is 5.73 Å². The fourth-order valence-electron chi connectivity index (χ4n) is 2.36. The number of hydrogen-bond donors (Lipinski definition) is 1. The van der Waals surface area contributed by atoms with Crippen LogP contribution >= 0.6 is 27.3 Å². The highest BCUT2D eigenvalue weighted by Crippen LogP contribution is 2.30. The van der Waals surface area contributed by atoms with Crippen molar-refractivity contribution in [3.8, 4) is 0 Å². The number of halogens is 1. The lowest BCUT2D eigenvalue weighted by molar-refractivity contribution is 0.212. The third-order valence-electron chi connectivity index (χ3n) is 3.22. The van der Waals surface area contributed by atoms with Crippen LogP contribution in [0.1, 0.15) is 36.6 Å². The minimum absolute atomic E-state index is 0.425. The number of rotatable bonds is 3. The van der Waals surface area contributed by atoms with Crippen molar-refractivity contribution in [3.05, 3.63) is 20.8 Å². The maximum absolute atomic E-state index is 5.95. The van der Waals surface area contributed by atoms with Gasteiger partial charge < -0.3 is 5.73 Å². The molecule has 2 N–H and O–H groups in total. The molecule has 0 spiro atoms. The Hall–Kier alpha value is 0.1000. The molecule has 0 aromatic carbocycles. The molecule has 1 aromatic heterocycles. The zero-order chi connectivity index (χ0) is 11.4. The van der Waals surface area contributed by atoms with Gasteiger partial charge in [-0.05, 0) is 47.9 Å². The standard InChI is InChI=1S/C12H19BrN2S/c13-10-7-12(16-9-10)11(8-14)15-5-3-1-2-4-6-15/h7,9,11H,1-6,8,14H2. The number of nitrogens with two attached hydrogens (primary N) is 1. The molecule has 1 fully saturated rings. The molecule has 0 radical (unpaired) electrons. The summed E-state index contributed by atoms with van der Waals surface area (Å²) in [6.07, 6.45) is 5.40. The molecule has 0 aliphatic carbocycles. The van der Waals surface area contributed by atoms with Gasteiger partial charge in [0.25, 0.3) is 0 Å². The molecule has 0 amide bonds. The summed E-state index contributed by atoms with van der Waals surface area (Å²) in [5.41, 5.74) is 5.95. The molecule has 1 aliphatic heterocycles. The van der Waals surface area contributed by atoms with Crippen molar-refractivity contribution in [2.75, 3.05) is 19.6 Å². The van der Waals surface area contributed by atoms with E-state index in [1.165, 1.54) is 48.1 Å². The van der Waals surface area contributed by atoms with Crippen molar-refractivity contribution in [2.45, 2.75) is 31.7 Å². The second kappa shape index (κ2) is 6.15. The molecule has 2 nitrogen and oxygen atoms in total. The Morgan fingerprint density at radius 3 is 2.50 bits per heavy atom. The van der Waals surface area contributed by atoms with E-state index in [9.17, 15) is 0 Å². The average Bonchev–Trinajstić information content (AvgIpc) is 2.55. The van der Waals surface area contributed by atoms with E-state index in [1.807, 2.05) is 11.3 Å². The van der Waals surface area contributed by atoms with Crippen molar-refractivity contribution >= 4 is 27.3 Å². The lowest BCUT2D eigenvalue weighted by Gasteiger charge is -2.28. The minimum atomic E-state index is 0.425. The Bertz CT molecular complexity index is 319. The SMILES string of the molecule is NCC(c1cc(Br)cs1)N1CCCCCC1. The summed E-state index contributed by atoms with van der Waals surface area (Å²) in [6.45, 7) is 3.14. The second-order valence-corrected chi connectivity index (χ2v) is 6.23. The van der Waals surface area contributed by atoms with Crippen LogP contribution in [0.3, 0.4) is 0 Å². The first-order valence-corrected chi connectivity index (χ1v) is 7.66. The van der Waals surface area contributed by atoms with E-state index < -0.39 is 0 Å². The molecular formula is C12H19BrN2S. The molecule has 16 heavy (non-hydrogen) atoms. The predicted octanol–water partition coefficient (Wildman–Crippen LogP) is 3.39. The largest absolute Gasteiger partial charge is 0.329 e. The van der Waals surface area contributed by atoms with Crippen LogP contribution in [0.4, 0.5) is 0 Å². The molecule has 1 saturated heterocycles. The van der Waals surface area contributed by atoms with Gasteiger partial charge in [-0.2, -0.15) is 0 Å². The summed E-state index contributed by atoms with van der Waals surface area (Å²) in [4.78, 5) is 3.96. The maximum atomic E-state index is 5.95. The summed E-state index contributed by atoms with van der Waals surface area (Å²) in [5, 5.41) is 2.15. The first-order valence-electron chi connectivity index (χ1n) is 5.99. The summed E-state index contributed by atoms with van der Waals surface area (Å²) in [5.74, 6) is 0. The van der Waals surface area contributed by atoms with Gasteiger partial charge in [-0.1, -0.05) is 12.8 Å². The van der Waals surface area contributed by atoms with Gasteiger partial charge in [0.15, 0.2) is 0 Å². The lowest BCUT2D eigenvalue weighted by Crippen LogP contribution is -2.34. The van der Waals surface area contributed by atoms with Crippen LogP contribution in [-0.4, -0.2) is 24.5 Å². The summed E-state index contributed by atoms with van der Waals surface area (Å²) < 4.78 is 1.18. The number of nitrogens with zero attached hydrogens (tertiary/aromatic N) is 1. The number of hydrogen-bond acceptors (Lipinski definition) is 3. The number of thiophene rings is 1. The summed E-state index contributed by atoms with van der Waals surface area (Å²) in [6, 6.07) is 2.64. The van der Waals surface area contributed by atoms with Crippen molar-refractivity contribution < 1.29 is 0 Å². The fourth-order valence-corrected chi connectivity index (χ4v) is 3.95. The van der Waals surface area contributed by atoms with Crippen molar-refractivity contribution in [1.82, 2.24) is 4.90 Å². The molecule has 2 heterocycles. The normalized spacial score (nSPS) is 20.6. The van der Waals surface area contributed by atoms with Crippen LogP contribution in [0.5, 0.6) is 0 Å². The van der Waals surface area contributed by atoms with Gasteiger partial charge in [-0.3, -0.25) is 4.90 Å². The topological polar surface area (TPSA) is 29.3 Å². The highest BCUT2D eigenvalue weighted by atomic mass is 79.9.